The maximum absolute atomic E-state index is 12.6. The van der Waals surface area contributed by atoms with E-state index in [1.165, 1.54) is 21.6 Å². The molecule has 0 saturated heterocycles. The van der Waals surface area contributed by atoms with E-state index in [1.807, 2.05) is 0 Å². The van der Waals surface area contributed by atoms with Crippen molar-refractivity contribution in [3.8, 4) is 10.4 Å². The molecule has 2 aliphatic carbocycles. The summed E-state index contributed by atoms with van der Waals surface area (Å²) >= 11 is 1.64. The van der Waals surface area contributed by atoms with Gasteiger partial charge in [0.2, 0.25) is 0 Å². The van der Waals surface area contributed by atoms with Crippen molar-refractivity contribution >= 4 is 17.2 Å². The molecule has 3 N–H and O–H groups in total. The minimum absolute atomic E-state index is 0.0855. The van der Waals surface area contributed by atoms with E-state index < -0.39 is 0 Å². The molecule has 3 nitrogen and oxygen atoms in total. The molecule has 0 unspecified atom stereocenters. The Bertz CT molecular complexity index is 729. The van der Waals surface area contributed by atoms with Crippen molar-refractivity contribution in [1.82, 2.24) is 5.32 Å². The molecule has 1 aromatic carbocycles. The van der Waals surface area contributed by atoms with Crippen LogP contribution in [-0.2, 0) is 12.8 Å². The van der Waals surface area contributed by atoms with Gasteiger partial charge in [-0.05, 0) is 61.3 Å². The van der Waals surface area contributed by atoms with Gasteiger partial charge in [-0.2, -0.15) is 0 Å². The minimum Gasteiger partial charge on any atom is -0.349 e. The quantitative estimate of drug-likeness (QED) is 0.887. The molecular formula is C19H22N2OS. The molecular weight excluding hydrogens is 304 g/mol. The highest BCUT2D eigenvalue weighted by atomic mass is 32.1. The van der Waals surface area contributed by atoms with E-state index in [4.69, 9.17) is 5.73 Å². The predicted molar refractivity (Wildman–Crippen MR) is 94.9 cm³/mol. The summed E-state index contributed by atoms with van der Waals surface area (Å²) in [6.45, 7) is 0. The van der Waals surface area contributed by atoms with Crippen molar-refractivity contribution in [1.29, 1.82) is 0 Å². The summed E-state index contributed by atoms with van der Waals surface area (Å²) < 4.78 is 0. The average Bonchev–Trinajstić information content (AvgIpc) is 3.02. The number of carbonyl (C=O) groups is 1. The Balaban J connectivity index is 1.53. The van der Waals surface area contributed by atoms with Gasteiger partial charge >= 0.3 is 0 Å². The number of thiophene rings is 1. The first-order valence-corrected chi connectivity index (χ1v) is 9.30. The van der Waals surface area contributed by atoms with E-state index in [2.05, 4.69) is 35.6 Å². The summed E-state index contributed by atoms with van der Waals surface area (Å²) in [5, 5.41) is 3.20. The highest BCUT2D eigenvalue weighted by Gasteiger charge is 2.24. The zero-order valence-electron chi connectivity index (χ0n) is 13.2. The fourth-order valence-corrected chi connectivity index (χ4v) is 4.88. The average molecular weight is 326 g/mol. The molecule has 0 spiro atoms. The van der Waals surface area contributed by atoms with E-state index in [0.29, 0.717) is 6.04 Å². The Morgan fingerprint density at radius 2 is 1.83 bits per heavy atom. The number of carbonyl (C=O) groups excluding carboxylic acids is 1. The molecule has 23 heavy (non-hydrogen) atoms. The summed E-state index contributed by atoms with van der Waals surface area (Å²) in [6.07, 6.45) is 6.13. The normalized spacial score (nSPS) is 23.0. The smallest absolute Gasteiger partial charge is 0.261 e. The molecule has 2 aliphatic rings. The second kappa shape index (κ2) is 6.10. The molecule has 4 heteroatoms. The first kappa shape index (κ1) is 14.9. The number of hydrogen-bond donors (Lipinski definition) is 2. The van der Waals surface area contributed by atoms with E-state index in [-0.39, 0.29) is 11.9 Å². The van der Waals surface area contributed by atoms with Crippen LogP contribution in [0.2, 0.25) is 0 Å². The van der Waals surface area contributed by atoms with Gasteiger partial charge in [-0.1, -0.05) is 24.3 Å². The lowest BCUT2D eigenvalue weighted by molar-refractivity contribution is 0.0930. The molecule has 1 heterocycles. The lowest BCUT2D eigenvalue weighted by Gasteiger charge is -2.26. The monoisotopic (exact) mass is 326 g/mol. The zero-order chi connectivity index (χ0) is 15.8. The topological polar surface area (TPSA) is 55.1 Å². The van der Waals surface area contributed by atoms with Gasteiger partial charge in [0.15, 0.2) is 0 Å². The van der Waals surface area contributed by atoms with Crippen molar-refractivity contribution in [2.45, 2.75) is 50.6 Å². The SMILES string of the molecule is NC1CCC(NC(=O)c2cc3c(s2)-c2ccccc2CC3)CC1. The molecule has 120 valence electrons. The number of fused-ring (bicyclic) bond motifs is 3. The van der Waals surface area contributed by atoms with Gasteiger partial charge in [-0.3, -0.25) is 4.79 Å². The van der Waals surface area contributed by atoms with Crippen molar-refractivity contribution in [3.63, 3.8) is 0 Å². The van der Waals surface area contributed by atoms with Gasteiger partial charge in [0, 0.05) is 17.0 Å². The minimum atomic E-state index is 0.0855. The number of nitrogens with one attached hydrogen (secondary N) is 1. The fourth-order valence-electron chi connectivity index (χ4n) is 3.70. The maximum Gasteiger partial charge on any atom is 0.261 e. The van der Waals surface area contributed by atoms with Gasteiger partial charge in [-0.25, -0.2) is 0 Å². The van der Waals surface area contributed by atoms with Crippen LogP contribution in [0.3, 0.4) is 0 Å². The van der Waals surface area contributed by atoms with Crippen LogP contribution in [0.15, 0.2) is 30.3 Å². The predicted octanol–water partition coefficient (Wildman–Crippen LogP) is 3.51. The maximum atomic E-state index is 12.6. The van der Waals surface area contributed by atoms with Crippen LogP contribution < -0.4 is 11.1 Å². The van der Waals surface area contributed by atoms with Crippen molar-refractivity contribution in [3.05, 3.63) is 46.3 Å². The summed E-state index contributed by atoms with van der Waals surface area (Å²) in [4.78, 5) is 14.7. The largest absolute Gasteiger partial charge is 0.349 e. The van der Waals surface area contributed by atoms with Crippen LogP contribution in [0.4, 0.5) is 0 Å². The van der Waals surface area contributed by atoms with Crippen LogP contribution in [0.25, 0.3) is 10.4 Å². The Kier molecular flexibility index (Phi) is 3.95. The number of amides is 1. The number of hydrogen-bond acceptors (Lipinski definition) is 3. The molecule has 0 atom stereocenters. The van der Waals surface area contributed by atoms with E-state index in [1.54, 1.807) is 11.3 Å². The number of rotatable bonds is 2. The fraction of sp³-hybridized carbons (Fsp3) is 0.421. The third kappa shape index (κ3) is 2.93. The van der Waals surface area contributed by atoms with Crippen molar-refractivity contribution in [2.75, 3.05) is 0 Å². The van der Waals surface area contributed by atoms with Gasteiger partial charge in [0.05, 0.1) is 4.88 Å². The Hall–Kier alpha value is -1.65. The van der Waals surface area contributed by atoms with Crippen LogP contribution >= 0.6 is 11.3 Å². The molecule has 1 aromatic heterocycles. The summed E-state index contributed by atoms with van der Waals surface area (Å²) in [5.74, 6) is 0.0855. The van der Waals surface area contributed by atoms with Gasteiger partial charge in [0.1, 0.15) is 0 Å². The first-order valence-electron chi connectivity index (χ1n) is 8.48. The lowest BCUT2D eigenvalue weighted by Crippen LogP contribution is -2.40. The van der Waals surface area contributed by atoms with Crippen LogP contribution in [0.5, 0.6) is 0 Å². The summed E-state index contributed by atoms with van der Waals surface area (Å²) in [6, 6.07) is 11.2. The van der Waals surface area contributed by atoms with Crippen LogP contribution in [0, 0.1) is 0 Å². The summed E-state index contributed by atoms with van der Waals surface area (Å²) in [5.41, 5.74) is 9.97. The second-order valence-corrected chi connectivity index (χ2v) is 7.76. The van der Waals surface area contributed by atoms with E-state index >= 15 is 0 Å². The molecule has 0 radical (unpaired) electrons. The van der Waals surface area contributed by atoms with Crippen molar-refractivity contribution < 1.29 is 4.79 Å². The Morgan fingerprint density at radius 1 is 1.09 bits per heavy atom. The highest BCUT2D eigenvalue weighted by molar-refractivity contribution is 7.17. The number of benzene rings is 1. The molecule has 1 saturated carbocycles. The van der Waals surface area contributed by atoms with E-state index in [9.17, 15) is 4.79 Å². The van der Waals surface area contributed by atoms with Gasteiger partial charge in [0.25, 0.3) is 5.91 Å². The molecule has 0 aliphatic heterocycles. The molecule has 4 rings (SSSR count). The van der Waals surface area contributed by atoms with E-state index in [0.717, 1.165) is 43.4 Å². The van der Waals surface area contributed by atoms with Gasteiger partial charge in [-0.15, -0.1) is 11.3 Å². The standard InChI is InChI=1S/C19H22N2OS/c20-14-7-9-15(10-8-14)21-19(22)17-11-13-6-5-12-3-1-2-4-16(12)18(13)23-17/h1-4,11,14-15H,5-10,20H2,(H,21,22). The first-order chi connectivity index (χ1) is 11.2. The second-order valence-electron chi connectivity index (χ2n) is 6.71. The Morgan fingerprint density at radius 3 is 2.65 bits per heavy atom. The molecule has 0 bridgehead atoms. The Labute approximate surface area is 140 Å². The van der Waals surface area contributed by atoms with Crippen LogP contribution in [0.1, 0.15) is 46.5 Å². The van der Waals surface area contributed by atoms with Crippen LogP contribution in [-0.4, -0.2) is 18.0 Å². The number of aryl methyl sites for hydroxylation is 2. The third-order valence-corrected chi connectivity index (χ3v) is 6.27. The molecule has 1 fully saturated rings. The third-order valence-electron chi connectivity index (χ3n) is 5.07. The van der Waals surface area contributed by atoms with Gasteiger partial charge < -0.3 is 11.1 Å². The summed E-state index contributed by atoms with van der Waals surface area (Å²) in [7, 11) is 0. The number of nitrogens with two attached hydrogens (primary N) is 1. The lowest BCUT2D eigenvalue weighted by atomic mass is 9.91. The van der Waals surface area contributed by atoms with Crippen molar-refractivity contribution in [2.24, 2.45) is 5.73 Å². The zero-order valence-corrected chi connectivity index (χ0v) is 14.0. The highest BCUT2D eigenvalue weighted by Crippen LogP contribution is 2.39. The molecule has 2 aromatic rings. The molecule has 1 amide bonds.